The van der Waals surface area contributed by atoms with Gasteiger partial charge in [-0.05, 0) is 62.3 Å². The molecule has 174 valence electrons. The van der Waals surface area contributed by atoms with E-state index in [1.54, 1.807) is 6.07 Å². The number of nitrogens with zero attached hydrogens (tertiary/aromatic N) is 1. The number of amides is 1. The number of benzene rings is 1. The normalized spacial score (nSPS) is 18.6. The van der Waals surface area contributed by atoms with Crippen LogP contribution in [-0.4, -0.2) is 24.9 Å². The summed E-state index contributed by atoms with van der Waals surface area (Å²) in [5.41, 5.74) is 2.93. The summed E-state index contributed by atoms with van der Waals surface area (Å²) in [5.74, 6) is 0.465. The third-order valence-corrected chi connectivity index (χ3v) is 8.18. The number of hydrogen-bond acceptors (Lipinski definition) is 3. The second-order valence-corrected chi connectivity index (χ2v) is 11.1. The quantitative estimate of drug-likeness (QED) is 0.655. The Bertz CT molecular complexity index is 1060. The van der Waals surface area contributed by atoms with E-state index < -0.39 is 10.0 Å². The summed E-state index contributed by atoms with van der Waals surface area (Å²) in [6, 6.07) is 9.42. The van der Waals surface area contributed by atoms with Crippen LogP contribution in [0.15, 0.2) is 35.2 Å². The number of carbonyl (C=O) groups excluding carboxylic acids is 1. The molecule has 0 unspecified atom stereocenters. The second-order valence-electron chi connectivity index (χ2n) is 9.53. The molecule has 1 amide bonds. The predicted molar refractivity (Wildman–Crippen MR) is 127 cm³/mol. The largest absolute Gasteiger partial charge is 0.349 e. The summed E-state index contributed by atoms with van der Waals surface area (Å²) in [6.07, 6.45) is 11.7. The Morgan fingerprint density at radius 1 is 1.03 bits per heavy atom. The lowest BCUT2D eigenvalue weighted by atomic mass is 9.89. The molecule has 0 spiro atoms. The number of sulfonamides is 1. The van der Waals surface area contributed by atoms with Gasteiger partial charge < -0.3 is 9.88 Å². The number of nitrogens with two attached hydrogens (primary N) is 1. The fourth-order valence-electron chi connectivity index (χ4n) is 5.35. The van der Waals surface area contributed by atoms with Crippen molar-refractivity contribution in [2.24, 2.45) is 11.1 Å². The number of aromatic nitrogens is 1. The van der Waals surface area contributed by atoms with E-state index in [9.17, 15) is 13.2 Å². The maximum absolute atomic E-state index is 12.9. The van der Waals surface area contributed by atoms with E-state index in [-0.39, 0.29) is 16.8 Å². The standard InChI is InChI=1S/C25H35N3O3S/c1-18-24(32(26,30)31)16-23(28(18)17-19-9-4-2-5-10-19)20-11-8-12-21(15-20)25(29)27-22-13-6-3-7-14-22/h8,11-12,15-16,19,22H,2-7,9-10,13-14,17H2,1H3,(H,27,29)(H2,26,30,31). The Labute approximate surface area is 191 Å². The molecule has 2 saturated carbocycles. The van der Waals surface area contributed by atoms with Crippen molar-refractivity contribution < 1.29 is 13.2 Å². The molecule has 1 aromatic carbocycles. The van der Waals surface area contributed by atoms with E-state index in [2.05, 4.69) is 9.88 Å². The molecule has 2 aliphatic carbocycles. The zero-order chi connectivity index (χ0) is 22.7. The maximum atomic E-state index is 12.9. The molecule has 0 radical (unpaired) electrons. The fourth-order valence-corrected chi connectivity index (χ4v) is 6.14. The fraction of sp³-hybridized carbons (Fsp3) is 0.560. The molecule has 4 rings (SSSR count). The Hall–Kier alpha value is -2.12. The lowest BCUT2D eigenvalue weighted by molar-refractivity contribution is 0.0927. The second kappa shape index (κ2) is 9.79. The average molecular weight is 458 g/mol. The van der Waals surface area contributed by atoms with Gasteiger partial charge in [0.2, 0.25) is 10.0 Å². The van der Waals surface area contributed by atoms with Crippen LogP contribution in [0, 0.1) is 12.8 Å². The Kier molecular flexibility index (Phi) is 7.05. The molecular weight excluding hydrogens is 422 g/mol. The van der Waals surface area contributed by atoms with Crippen molar-refractivity contribution >= 4 is 15.9 Å². The van der Waals surface area contributed by atoms with Gasteiger partial charge in [0.15, 0.2) is 0 Å². The van der Waals surface area contributed by atoms with Crippen molar-refractivity contribution in [3.8, 4) is 11.3 Å². The third kappa shape index (κ3) is 5.26. The summed E-state index contributed by atoms with van der Waals surface area (Å²) in [7, 11) is -3.83. The van der Waals surface area contributed by atoms with Crippen LogP contribution in [0.4, 0.5) is 0 Å². The van der Waals surface area contributed by atoms with Crippen LogP contribution in [0.25, 0.3) is 11.3 Å². The molecule has 1 heterocycles. The molecule has 0 saturated heterocycles. The lowest BCUT2D eigenvalue weighted by Gasteiger charge is -2.24. The topological polar surface area (TPSA) is 94.2 Å². The number of hydrogen-bond donors (Lipinski definition) is 2. The van der Waals surface area contributed by atoms with Crippen LogP contribution in [0.2, 0.25) is 0 Å². The molecule has 2 fully saturated rings. The van der Waals surface area contributed by atoms with Crippen LogP contribution >= 0.6 is 0 Å². The molecular formula is C25H35N3O3S. The predicted octanol–water partition coefficient (Wildman–Crippen LogP) is 4.75. The minimum Gasteiger partial charge on any atom is -0.349 e. The molecule has 1 aromatic heterocycles. The summed E-state index contributed by atoms with van der Waals surface area (Å²) >= 11 is 0. The Balaban J connectivity index is 1.65. The number of carbonyl (C=O) groups is 1. The van der Waals surface area contributed by atoms with Crippen LogP contribution in [0.5, 0.6) is 0 Å². The van der Waals surface area contributed by atoms with Crippen molar-refractivity contribution in [2.45, 2.75) is 88.6 Å². The monoisotopic (exact) mass is 457 g/mol. The minimum absolute atomic E-state index is 0.0625. The molecule has 2 aromatic rings. The first-order valence-electron chi connectivity index (χ1n) is 12.0. The smallest absolute Gasteiger partial charge is 0.251 e. The van der Waals surface area contributed by atoms with Gasteiger partial charge in [0.1, 0.15) is 4.90 Å². The molecule has 0 bridgehead atoms. The average Bonchev–Trinajstić information content (AvgIpc) is 3.12. The highest BCUT2D eigenvalue weighted by Crippen LogP contribution is 2.33. The van der Waals surface area contributed by atoms with Gasteiger partial charge in [-0.1, -0.05) is 50.7 Å². The molecule has 0 aliphatic heterocycles. The maximum Gasteiger partial charge on any atom is 0.251 e. The summed E-state index contributed by atoms with van der Waals surface area (Å²) in [6.45, 7) is 2.60. The van der Waals surface area contributed by atoms with Gasteiger partial charge in [-0.2, -0.15) is 0 Å². The van der Waals surface area contributed by atoms with Crippen molar-refractivity contribution in [2.75, 3.05) is 0 Å². The highest BCUT2D eigenvalue weighted by Gasteiger charge is 2.24. The van der Waals surface area contributed by atoms with Gasteiger partial charge in [0, 0.05) is 29.5 Å². The van der Waals surface area contributed by atoms with Crippen LogP contribution in [0.1, 0.15) is 80.3 Å². The number of rotatable bonds is 6. The molecule has 7 heteroatoms. The summed E-state index contributed by atoms with van der Waals surface area (Å²) in [5, 5.41) is 8.70. The molecule has 6 nitrogen and oxygen atoms in total. The van der Waals surface area contributed by atoms with Gasteiger partial charge in [-0.3, -0.25) is 4.79 Å². The SMILES string of the molecule is Cc1c(S(N)(=O)=O)cc(-c2cccc(C(=O)NC3CCCCC3)c2)n1CC1CCCCC1. The van der Waals surface area contributed by atoms with Crippen LogP contribution < -0.4 is 10.5 Å². The van der Waals surface area contributed by atoms with E-state index in [1.165, 1.54) is 25.7 Å². The van der Waals surface area contributed by atoms with Gasteiger partial charge >= 0.3 is 0 Å². The van der Waals surface area contributed by atoms with Crippen molar-refractivity contribution in [3.63, 3.8) is 0 Å². The van der Waals surface area contributed by atoms with Gasteiger partial charge in [0.05, 0.1) is 0 Å². The van der Waals surface area contributed by atoms with Gasteiger partial charge in [-0.15, -0.1) is 0 Å². The Morgan fingerprint density at radius 2 is 1.69 bits per heavy atom. The highest BCUT2D eigenvalue weighted by atomic mass is 32.2. The van der Waals surface area contributed by atoms with Gasteiger partial charge in [-0.25, -0.2) is 13.6 Å². The van der Waals surface area contributed by atoms with E-state index in [1.807, 2.05) is 31.2 Å². The summed E-state index contributed by atoms with van der Waals surface area (Å²) in [4.78, 5) is 13.1. The zero-order valence-corrected chi connectivity index (χ0v) is 19.8. The third-order valence-electron chi connectivity index (χ3n) is 7.15. The molecule has 32 heavy (non-hydrogen) atoms. The van der Waals surface area contributed by atoms with Crippen molar-refractivity contribution in [1.82, 2.24) is 9.88 Å². The van der Waals surface area contributed by atoms with Crippen molar-refractivity contribution in [3.05, 3.63) is 41.6 Å². The van der Waals surface area contributed by atoms with Crippen LogP contribution in [0.3, 0.4) is 0 Å². The lowest BCUT2D eigenvalue weighted by Crippen LogP contribution is -2.36. The minimum atomic E-state index is -3.83. The number of primary sulfonamides is 1. The first-order valence-corrected chi connectivity index (χ1v) is 13.5. The van der Waals surface area contributed by atoms with E-state index in [0.717, 1.165) is 56.3 Å². The first kappa shape index (κ1) is 23.1. The zero-order valence-electron chi connectivity index (χ0n) is 19.0. The Morgan fingerprint density at radius 3 is 2.34 bits per heavy atom. The molecule has 0 atom stereocenters. The highest BCUT2D eigenvalue weighted by molar-refractivity contribution is 7.89. The first-order chi connectivity index (χ1) is 15.3. The van der Waals surface area contributed by atoms with Crippen molar-refractivity contribution in [1.29, 1.82) is 0 Å². The van der Waals surface area contributed by atoms with E-state index in [4.69, 9.17) is 5.14 Å². The van der Waals surface area contributed by atoms with Crippen LogP contribution in [-0.2, 0) is 16.6 Å². The number of nitrogens with one attached hydrogen (secondary N) is 1. The van der Waals surface area contributed by atoms with Gasteiger partial charge in [0.25, 0.3) is 5.91 Å². The molecule has 2 aliphatic rings. The molecule has 3 N–H and O–H groups in total. The van der Waals surface area contributed by atoms with E-state index in [0.29, 0.717) is 17.2 Å². The summed E-state index contributed by atoms with van der Waals surface area (Å²) < 4.78 is 26.6. The van der Waals surface area contributed by atoms with E-state index >= 15 is 0 Å².